The van der Waals surface area contributed by atoms with Crippen LogP contribution in [-0.4, -0.2) is 40.7 Å². The van der Waals surface area contributed by atoms with Gasteiger partial charge in [0.2, 0.25) is 5.91 Å². The summed E-state index contributed by atoms with van der Waals surface area (Å²) in [5, 5.41) is 2.68. The number of hydrogen-bond acceptors (Lipinski definition) is 4. The van der Waals surface area contributed by atoms with Crippen LogP contribution in [-0.2, 0) is 16.0 Å². The molecule has 3 heterocycles. The van der Waals surface area contributed by atoms with E-state index in [9.17, 15) is 9.59 Å². The highest BCUT2D eigenvalue weighted by Gasteiger charge is 2.33. The molecule has 1 fully saturated rings. The number of aromatic nitrogens is 2. The van der Waals surface area contributed by atoms with E-state index in [4.69, 9.17) is 4.74 Å². The lowest BCUT2D eigenvalue weighted by atomic mass is 10.1. The van der Waals surface area contributed by atoms with E-state index < -0.39 is 0 Å². The Balaban J connectivity index is 0.00000169. The second-order valence-electron chi connectivity index (χ2n) is 5.76. The fourth-order valence-electron chi connectivity index (χ4n) is 3.07. The van der Waals surface area contributed by atoms with Gasteiger partial charge in [-0.05, 0) is 23.8 Å². The molecular formula is C16H17ClN4O3. The van der Waals surface area contributed by atoms with Gasteiger partial charge in [0.15, 0.2) is 0 Å². The van der Waals surface area contributed by atoms with Gasteiger partial charge in [-0.3, -0.25) is 9.69 Å². The van der Waals surface area contributed by atoms with Crippen LogP contribution in [0.2, 0.25) is 0 Å². The van der Waals surface area contributed by atoms with Crippen LogP contribution in [0.15, 0.2) is 30.6 Å². The van der Waals surface area contributed by atoms with Crippen molar-refractivity contribution in [3.8, 4) is 5.69 Å². The summed E-state index contributed by atoms with van der Waals surface area (Å²) in [7, 11) is 0. The molecule has 1 saturated heterocycles. The molecular weight excluding hydrogens is 332 g/mol. The van der Waals surface area contributed by atoms with Crippen LogP contribution in [0.25, 0.3) is 5.69 Å². The van der Waals surface area contributed by atoms with Crippen molar-refractivity contribution in [1.82, 2.24) is 14.9 Å². The first-order valence-electron chi connectivity index (χ1n) is 7.50. The Morgan fingerprint density at radius 3 is 3.08 bits per heavy atom. The van der Waals surface area contributed by atoms with Gasteiger partial charge in [-0.2, -0.15) is 0 Å². The Morgan fingerprint density at radius 1 is 1.46 bits per heavy atom. The summed E-state index contributed by atoms with van der Waals surface area (Å²) in [6.45, 7) is 2.21. The summed E-state index contributed by atoms with van der Waals surface area (Å²) in [5.41, 5.74) is 3.05. The number of anilines is 1. The minimum atomic E-state index is -0.379. The molecule has 1 aromatic heterocycles. The fourth-order valence-corrected chi connectivity index (χ4v) is 3.07. The Hall–Kier alpha value is -2.54. The van der Waals surface area contributed by atoms with E-state index in [0.717, 1.165) is 29.2 Å². The molecule has 1 aromatic carbocycles. The number of carbonyl (C=O) groups is 2. The molecule has 0 radical (unpaired) electrons. The highest BCUT2D eigenvalue weighted by molar-refractivity contribution is 5.90. The largest absolute Gasteiger partial charge is 0.442 e. The van der Waals surface area contributed by atoms with Crippen molar-refractivity contribution < 1.29 is 14.3 Å². The van der Waals surface area contributed by atoms with Gasteiger partial charge in [0.1, 0.15) is 11.9 Å². The van der Waals surface area contributed by atoms with E-state index in [1.807, 2.05) is 24.4 Å². The van der Waals surface area contributed by atoms with E-state index in [1.165, 1.54) is 6.92 Å². The van der Waals surface area contributed by atoms with Crippen LogP contribution in [0, 0.1) is 0 Å². The third-order valence-corrected chi connectivity index (χ3v) is 4.15. The molecule has 8 heteroatoms. The average molecular weight is 349 g/mol. The molecule has 1 N–H and O–H groups in total. The average Bonchev–Trinajstić information content (AvgIpc) is 3.18. The molecule has 2 aromatic rings. The molecule has 24 heavy (non-hydrogen) atoms. The maximum Gasteiger partial charge on any atom is 0.414 e. The highest BCUT2D eigenvalue weighted by Crippen LogP contribution is 2.31. The lowest BCUT2D eigenvalue weighted by molar-refractivity contribution is -0.119. The van der Waals surface area contributed by atoms with Gasteiger partial charge in [-0.15, -0.1) is 12.4 Å². The Kier molecular flexibility index (Phi) is 4.19. The highest BCUT2D eigenvalue weighted by atomic mass is 35.5. The van der Waals surface area contributed by atoms with Gasteiger partial charge in [0, 0.05) is 31.4 Å². The first-order chi connectivity index (χ1) is 11.1. The Morgan fingerprint density at radius 2 is 2.29 bits per heavy atom. The summed E-state index contributed by atoms with van der Waals surface area (Å²) in [5.74, 6) is 0.871. The van der Waals surface area contributed by atoms with E-state index in [2.05, 4.69) is 14.9 Å². The topological polar surface area (TPSA) is 76.5 Å². The molecule has 2 aliphatic rings. The first kappa shape index (κ1) is 16.3. The lowest BCUT2D eigenvalue weighted by Crippen LogP contribution is -2.33. The van der Waals surface area contributed by atoms with Gasteiger partial charge in [-0.25, -0.2) is 9.78 Å². The molecule has 0 aliphatic carbocycles. The van der Waals surface area contributed by atoms with Crippen LogP contribution >= 0.6 is 12.4 Å². The summed E-state index contributed by atoms with van der Waals surface area (Å²) in [6.07, 6.45) is 3.78. The second kappa shape index (κ2) is 6.16. The molecule has 4 rings (SSSR count). The van der Waals surface area contributed by atoms with Crippen molar-refractivity contribution >= 4 is 30.1 Å². The first-order valence-corrected chi connectivity index (χ1v) is 7.50. The number of rotatable bonds is 3. The van der Waals surface area contributed by atoms with Crippen LogP contribution in [0.3, 0.4) is 0 Å². The number of cyclic esters (lactones) is 1. The minimum absolute atomic E-state index is 0. The second-order valence-corrected chi connectivity index (χ2v) is 5.76. The zero-order valence-corrected chi connectivity index (χ0v) is 13.9. The predicted molar refractivity (Wildman–Crippen MR) is 89.9 cm³/mol. The van der Waals surface area contributed by atoms with Crippen LogP contribution in [0.1, 0.15) is 18.3 Å². The maximum atomic E-state index is 12.1. The fraction of sp³-hybridized carbons (Fsp3) is 0.312. The number of nitrogens with one attached hydrogen (secondary N) is 1. The predicted octanol–water partition coefficient (Wildman–Crippen LogP) is 1.66. The number of imidazole rings is 1. The maximum absolute atomic E-state index is 12.1. The summed E-state index contributed by atoms with van der Waals surface area (Å²) >= 11 is 0. The minimum Gasteiger partial charge on any atom is -0.442 e. The zero-order chi connectivity index (χ0) is 16.0. The molecule has 0 spiro atoms. The van der Waals surface area contributed by atoms with Crippen molar-refractivity contribution in [1.29, 1.82) is 0 Å². The number of hydrogen-bond donors (Lipinski definition) is 1. The molecule has 0 bridgehead atoms. The zero-order valence-electron chi connectivity index (χ0n) is 13.1. The van der Waals surface area contributed by atoms with Crippen LogP contribution in [0.4, 0.5) is 10.5 Å². The molecule has 0 saturated carbocycles. The summed E-state index contributed by atoms with van der Waals surface area (Å²) in [6, 6.07) is 5.92. The number of ether oxygens (including phenoxy) is 1. The molecule has 0 unspecified atom stereocenters. The van der Waals surface area contributed by atoms with Gasteiger partial charge in [-0.1, -0.05) is 0 Å². The SMILES string of the molecule is CC(=O)NC[C@H]1CN(c2ccc3c(c2)Cc2nccn2-3)C(=O)O1.Cl. The number of benzene rings is 1. The van der Waals surface area contributed by atoms with Crippen LogP contribution in [0.5, 0.6) is 0 Å². The smallest absolute Gasteiger partial charge is 0.414 e. The van der Waals surface area contributed by atoms with E-state index in [-0.39, 0.29) is 30.5 Å². The molecule has 7 nitrogen and oxygen atoms in total. The van der Waals surface area contributed by atoms with Crippen molar-refractivity contribution in [2.75, 3.05) is 18.0 Å². The number of fused-ring (bicyclic) bond motifs is 3. The number of carbonyl (C=O) groups excluding carboxylic acids is 2. The summed E-state index contributed by atoms with van der Waals surface area (Å²) in [4.78, 5) is 29.0. The molecule has 126 valence electrons. The number of halogens is 1. The van der Waals surface area contributed by atoms with Gasteiger partial charge < -0.3 is 14.6 Å². The Bertz CT molecular complexity index is 804. The molecule has 1 atom stereocenters. The molecule has 2 aliphatic heterocycles. The van der Waals surface area contributed by atoms with Crippen molar-refractivity contribution in [2.45, 2.75) is 19.4 Å². The lowest BCUT2D eigenvalue weighted by Gasteiger charge is -2.14. The Labute approximate surface area is 145 Å². The van der Waals surface area contributed by atoms with Crippen LogP contribution < -0.4 is 10.2 Å². The quantitative estimate of drug-likeness (QED) is 0.781. The van der Waals surface area contributed by atoms with Crippen molar-refractivity contribution in [3.63, 3.8) is 0 Å². The molecule has 2 amide bonds. The normalized spacial score (nSPS) is 17.8. The number of nitrogens with zero attached hydrogens (tertiary/aromatic N) is 3. The van der Waals surface area contributed by atoms with Gasteiger partial charge in [0.25, 0.3) is 0 Å². The van der Waals surface area contributed by atoms with E-state index in [1.54, 1.807) is 11.1 Å². The van der Waals surface area contributed by atoms with Crippen molar-refractivity contribution in [3.05, 3.63) is 42.0 Å². The standard InChI is InChI=1S/C16H16N4O3.ClH/c1-10(21)18-8-13-9-20(16(22)23-13)12-2-3-14-11(6-12)7-15-17-4-5-19(14)15;/h2-6,13H,7-9H2,1H3,(H,18,21);1H/t13-;/m0./s1. The van der Waals surface area contributed by atoms with E-state index >= 15 is 0 Å². The monoisotopic (exact) mass is 348 g/mol. The van der Waals surface area contributed by atoms with Crippen molar-refractivity contribution in [2.24, 2.45) is 0 Å². The summed E-state index contributed by atoms with van der Waals surface area (Å²) < 4.78 is 7.36. The van der Waals surface area contributed by atoms with Gasteiger partial charge >= 0.3 is 6.09 Å². The van der Waals surface area contributed by atoms with Gasteiger partial charge in [0.05, 0.1) is 18.8 Å². The number of amides is 2. The van der Waals surface area contributed by atoms with E-state index in [0.29, 0.717) is 13.1 Å². The third kappa shape index (κ3) is 2.71. The third-order valence-electron chi connectivity index (χ3n) is 4.15.